The lowest BCUT2D eigenvalue weighted by Gasteiger charge is -2.04. The Balaban J connectivity index is 2.21. The molecule has 0 aliphatic heterocycles. The van der Waals surface area contributed by atoms with Crippen molar-refractivity contribution in [1.82, 2.24) is 24.8 Å². The monoisotopic (exact) mass is 237 g/mol. The number of nitrogens with zero attached hydrogens (tertiary/aromatic N) is 3. The maximum absolute atomic E-state index is 11.5. The Bertz CT molecular complexity index is 558. The summed E-state index contributed by atoms with van der Waals surface area (Å²) in [6, 6.07) is 0. The Morgan fingerprint density at radius 1 is 1.47 bits per heavy atom. The van der Waals surface area contributed by atoms with Gasteiger partial charge in [0.1, 0.15) is 0 Å². The summed E-state index contributed by atoms with van der Waals surface area (Å²) in [5.74, 6) is 0.0965. The molecule has 0 aliphatic carbocycles. The van der Waals surface area contributed by atoms with Crippen LogP contribution in [0, 0.1) is 0 Å². The van der Waals surface area contributed by atoms with Gasteiger partial charge in [-0.1, -0.05) is 0 Å². The smallest absolute Gasteiger partial charge is 0.280 e. The van der Waals surface area contributed by atoms with Gasteiger partial charge in [-0.15, -0.1) is 0 Å². The van der Waals surface area contributed by atoms with Crippen molar-refractivity contribution in [1.29, 1.82) is 0 Å². The summed E-state index contributed by atoms with van der Waals surface area (Å²) in [7, 11) is 0. The molecule has 2 heterocycles. The molecule has 92 valence electrons. The van der Waals surface area contributed by atoms with Crippen molar-refractivity contribution in [2.75, 3.05) is 25.4 Å². The Kier molecular flexibility index (Phi) is 3.35. The van der Waals surface area contributed by atoms with Gasteiger partial charge in [0, 0.05) is 26.2 Å². The van der Waals surface area contributed by atoms with Crippen LogP contribution in [0.15, 0.2) is 11.1 Å². The number of aromatic amines is 1. The average Bonchev–Trinajstić information content (AvgIpc) is 2.68. The van der Waals surface area contributed by atoms with E-state index in [0.29, 0.717) is 24.3 Å². The molecule has 0 aromatic carbocycles. The fraction of sp³-hybridized carbons (Fsp3) is 0.444. The van der Waals surface area contributed by atoms with E-state index in [1.807, 2.05) is 0 Å². The van der Waals surface area contributed by atoms with Gasteiger partial charge in [0.15, 0.2) is 11.2 Å². The molecule has 0 bridgehead atoms. The van der Waals surface area contributed by atoms with E-state index in [1.165, 1.54) is 0 Å². The maximum Gasteiger partial charge on any atom is 0.280 e. The summed E-state index contributed by atoms with van der Waals surface area (Å²) in [6.45, 7) is 2.74. The zero-order valence-corrected chi connectivity index (χ0v) is 9.31. The highest BCUT2D eigenvalue weighted by Gasteiger charge is 2.08. The third-order valence-corrected chi connectivity index (χ3v) is 2.34. The van der Waals surface area contributed by atoms with Crippen LogP contribution >= 0.6 is 0 Å². The number of nitrogens with two attached hydrogens (primary N) is 2. The molecular formula is C9H15N7O. The van der Waals surface area contributed by atoms with Crippen molar-refractivity contribution < 1.29 is 0 Å². The van der Waals surface area contributed by atoms with Gasteiger partial charge in [-0.3, -0.25) is 9.78 Å². The number of anilines is 1. The first-order valence-corrected chi connectivity index (χ1v) is 5.34. The minimum atomic E-state index is -0.318. The van der Waals surface area contributed by atoms with Gasteiger partial charge in [0.2, 0.25) is 5.95 Å². The van der Waals surface area contributed by atoms with Crippen molar-refractivity contribution >= 4 is 17.1 Å². The SMILES string of the molecule is NCCNCCn1cnc2c(=O)[nH]c(N)nc21. The molecule has 0 spiro atoms. The predicted octanol–water partition coefficient (Wildman–Crippen LogP) is -1.75. The number of nitrogen functional groups attached to an aromatic ring is 1. The summed E-state index contributed by atoms with van der Waals surface area (Å²) in [4.78, 5) is 22.0. The van der Waals surface area contributed by atoms with Gasteiger partial charge in [-0.25, -0.2) is 4.98 Å². The van der Waals surface area contributed by atoms with Crippen molar-refractivity contribution in [3.05, 3.63) is 16.7 Å². The van der Waals surface area contributed by atoms with E-state index in [0.717, 1.165) is 13.1 Å². The highest BCUT2D eigenvalue weighted by atomic mass is 16.1. The van der Waals surface area contributed by atoms with Crippen molar-refractivity contribution in [2.24, 2.45) is 5.73 Å². The molecule has 0 radical (unpaired) electrons. The fourth-order valence-electron chi connectivity index (χ4n) is 1.56. The van der Waals surface area contributed by atoms with Gasteiger partial charge in [-0.05, 0) is 0 Å². The van der Waals surface area contributed by atoms with Crippen LogP contribution in [0.2, 0.25) is 0 Å². The largest absolute Gasteiger partial charge is 0.369 e. The van der Waals surface area contributed by atoms with Gasteiger partial charge < -0.3 is 21.4 Å². The minimum Gasteiger partial charge on any atom is -0.369 e. The van der Waals surface area contributed by atoms with Crippen molar-refractivity contribution in [2.45, 2.75) is 6.54 Å². The van der Waals surface area contributed by atoms with E-state index < -0.39 is 0 Å². The second-order valence-electron chi connectivity index (χ2n) is 3.60. The molecule has 0 aliphatic rings. The molecular weight excluding hydrogens is 222 g/mol. The first kappa shape index (κ1) is 11.6. The van der Waals surface area contributed by atoms with E-state index in [4.69, 9.17) is 11.5 Å². The van der Waals surface area contributed by atoms with Gasteiger partial charge in [-0.2, -0.15) is 4.98 Å². The van der Waals surface area contributed by atoms with Crippen LogP contribution in [0.4, 0.5) is 5.95 Å². The second-order valence-corrected chi connectivity index (χ2v) is 3.60. The summed E-state index contributed by atoms with van der Waals surface area (Å²) in [5, 5.41) is 3.15. The molecule has 2 aromatic heterocycles. The lowest BCUT2D eigenvalue weighted by Crippen LogP contribution is -2.26. The van der Waals surface area contributed by atoms with Crippen LogP contribution in [0.3, 0.4) is 0 Å². The van der Waals surface area contributed by atoms with E-state index >= 15 is 0 Å². The van der Waals surface area contributed by atoms with Crippen LogP contribution < -0.4 is 22.3 Å². The van der Waals surface area contributed by atoms with Gasteiger partial charge in [0.25, 0.3) is 5.56 Å². The predicted molar refractivity (Wildman–Crippen MR) is 64.5 cm³/mol. The van der Waals surface area contributed by atoms with Crippen LogP contribution in [0.1, 0.15) is 0 Å². The number of hydrogen-bond donors (Lipinski definition) is 4. The quantitative estimate of drug-likeness (QED) is 0.457. The fourth-order valence-corrected chi connectivity index (χ4v) is 1.56. The first-order valence-electron chi connectivity index (χ1n) is 5.34. The zero-order valence-electron chi connectivity index (χ0n) is 9.31. The second kappa shape index (κ2) is 4.93. The van der Waals surface area contributed by atoms with Crippen LogP contribution in [0.25, 0.3) is 11.2 Å². The number of rotatable bonds is 5. The third kappa shape index (κ3) is 2.43. The number of imidazole rings is 1. The molecule has 0 saturated heterocycles. The molecule has 8 heteroatoms. The highest BCUT2D eigenvalue weighted by molar-refractivity contribution is 5.70. The van der Waals surface area contributed by atoms with E-state index in [2.05, 4.69) is 20.3 Å². The molecule has 0 unspecified atom stereocenters. The standard InChI is InChI=1S/C9H15N7O/c10-1-2-12-3-4-16-5-13-6-7(16)14-9(11)15-8(6)17/h5,12H,1-4,10H2,(H3,11,14,15,17). The average molecular weight is 237 g/mol. The molecule has 6 N–H and O–H groups in total. The third-order valence-electron chi connectivity index (χ3n) is 2.34. The summed E-state index contributed by atoms with van der Waals surface area (Å²) >= 11 is 0. The molecule has 8 nitrogen and oxygen atoms in total. The van der Waals surface area contributed by atoms with Gasteiger partial charge >= 0.3 is 0 Å². The molecule has 0 saturated carbocycles. The number of fused-ring (bicyclic) bond motifs is 1. The van der Waals surface area contributed by atoms with Crippen LogP contribution in [-0.4, -0.2) is 39.2 Å². The van der Waals surface area contributed by atoms with Crippen LogP contribution in [0.5, 0.6) is 0 Å². The van der Waals surface area contributed by atoms with Crippen LogP contribution in [-0.2, 0) is 6.54 Å². The van der Waals surface area contributed by atoms with Crippen molar-refractivity contribution in [3.8, 4) is 0 Å². The topological polar surface area (TPSA) is 128 Å². The minimum absolute atomic E-state index is 0.0965. The Morgan fingerprint density at radius 3 is 3.06 bits per heavy atom. The van der Waals surface area contributed by atoms with Crippen molar-refractivity contribution in [3.63, 3.8) is 0 Å². The van der Waals surface area contributed by atoms with E-state index in [9.17, 15) is 4.79 Å². The molecule has 0 atom stereocenters. The molecule has 2 aromatic rings. The molecule has 17 heavy (non-hydrogen) atoms. The van der Waals surface area contributed by atoms with E-state index in [-0.39, 0.29) is 11.5 Å². The highest BCUT2D eigenvalue weighted by Crippen LogP contribution is 2.05. The van der Waals surface area contributed by atoms with E-state index in [1.54, 1.807) is 10.9 Å². The maximum atomic E-state index is 11.5. The summed E-state index contributed by atoms with van der Waals surface area (Å²) in [6.07, 6.45) is 1.58. The summed E-state index contributed by atoms with van der Waals surface area (Å²) < 4.78 is 1.78. The van der Waals surface area contributed by atoms with Gasteiger partial charge in [0.05, 0.1) is 6.33 Å². The Morgan fingerprint density at radius 2 is 2.29 bits per heavy atom. The number of hydrogen-bond acceptors (Lipinski definition) is 6. The molecule has 2 rings (SSSR count). The number of aromatic nitrogens is 4. The number of H-pyrrole nitrogens is 1. The zero-order chi connectivity index (χ0) is 12.3. The lowest BCUT2D eigenvalue weighted by atomic mass is 10.5. The number of nitrogens with one attached hydrogen (secondary N) is 2. The Hall–Kier alpha value is -1.93. The summed E-state index contributed by atoms with van der Waals surface area (Å²) in [5.41, 5.74) is 11.3. The molecule has 0 amide bonds. The lowest BCUT2D eigenvalue weighted by molar-refractivity contribution is 0.609. The normalized spacial score (nSPS) is 11.1. The molecule has 0 fully saturated rings. The Labute approximate surface area is 97.0 Å². The first-order chi connectivity index (χ1) is 8.22.